The van der Waals surface area contributed by atoms with Crippen LogP contribution in [0.5, 0.6) is 5.75 Å². The molecule has 0 spiro atoms. The molecule has 0 radical (unpaired) electrons. The minimum absolute atomic E-state index is 0.0181. The molecule has 3 rings (SSSR count). The summed E-state index contributed by atoms with van der Waals surface area (Å²) < 4.78 is 33.8. The van der Waals surface area contributed by atoms with Gasteiger partial charge in [-0.05, 0) is 35.2 Å². The molecule has 0 saturated carbocycles. The molecule has 170 valence electrons. The molecule has 1 heterocycles. The Hall–Kier alpha value is -2.82. The third-order valence-electron chi connectivity index (χ3n) is 4.88. The maximum absolute atomic E-state index is 12.9. The zero-order valence-electron chi connectivity index (χ0n) is 18.3. The molecule has 0 saturated heterocycles. The number of hydrogen-bond acceptors (Lipinski definition) is 7. The number of sulfonamides is 1. The van der Waals surface area contributed by atoms with Crippen LogP contribution in [-0.2, 0) is 21.9 Å². The van der Waals surface area contributed by atoms with E-state index >= 15 is 0 Å². The fourth-order valence-electron chi connectivity index (χ4n) is 3.04. The van der Waals surface area contributed by atoms with Gasteiger partial charge in [-0.25, -0.2) is 18.1 Å². The van der Waals surface area contributed by atoms with Crippen molar-refractivity contribution in [2.75, 3.05) is 13.7 Å². The smallest absolute Gasteiger partial charge is 0.269 e. The van der Waals surface area contributed by atoms with Gasteiger partial charge in [0.1, 0.15) is 10.6 Å². The first-order valence-electron chi connectivity index (χ1n) is 9.88. The van der Waals surface area contributed by atoms with Gasteiger partial charge >= 0.3 is 0 Å². The van der Waals surface area contributed by atoms with Crippen LogP contribution in [0.25, 0.3) is 11.3 Å². The lowest BCUT2D eigenvalue weighted by molar-refractivity contribution is -0.384. The van der Waals surface area contributed by atoms with Gasteiger partial charge in [0.15, 0.2) is 0 Å². The lowest BCUT2D eigenvalue weighted by Gasteiger charge is -2.21. The van der Waals surface area contributed by atoms with Crippen molar-refractivity contribution in [3.05, 3.63) is 68.5 Å². The molecule has 32 heavy (non-hydrogen) atoms. The van der Waals surface area contributed by atoms with E-state index in [1.165, 1.54) is 30.6 Å². The first-order valence-corrected chi connectivity index (χ1v) is 12.2. The first kappa shape index (κ1) is 23.8. The van der Waals surface area contributed by atoms with E-state index in [4.69, 9.17) is 4.74 Å². The van der Waals surface area contributed by atoms with Gasteiger partial charge in [0, 0.05) is 36.0 Å². The number of rotatable bonds is 8. The van der Waals surface area contributed by atoms with Crippen molar-refractivity contribution in [2.45, 2.75) is 37.5 Å². The summed E-state index contributed by atoms with van der Waals surface area (Å²) in [5, 5.41) is 13.4. The van der Waals surface area contributed by atoms with E-state index in [2.05, 4.69) is 9.71 Å². The highest BCUT2D eigenvalue weighted by Crippen LogP contribution is 2.31. The Labute approximate surface area is 191 Å². The largest absolute Gasteiger partial charge is 0.495 e. The number of benzene rings is 2. The molecule has 0 bridgehead atoms. The third-order valence-corrected chi connectivity index (χ3v) is 7.27. The number of ether oxygens (including phenoxy) is 1. The molecule has 1 aromatic heterocycles. The Bertz CT molecular complexity index is 1210. The van der Waals surface area contributed by atoms with Crippen molar-refractivity contribution in [3.8, 4) is 17.0 Å². The Morgan fingerprint density at radius 1 is 1.16 bits per heavy atom. The summed E-state index contributed by atoms with van der Waals surface area (Å²) in [5.41, 5.74) is 2.17. The molecule has 0 fully saturated rings. The molecule has 2 aromatic carbocycles. The van der Waals surface area contributed by atoms with E-state index in [0.717, 1.165) is 16.1 Å². The van der Waals surface area contributed by atoms with Gasteiger partial charge in [-0.15, -0.1) is 11.3 Å². The zero-order valence-corrected chi connectivity index (χ0v) is 19.9. The molecule has 0 aliphatic rings. The van der Waals surface area contributed by atoms with Gasteiger partial charge in [-0.2, -0.15) is 0 Å². The van der Waals surface area contributed by atoms with Crippen LogP contribution in [0.3, 0.4) is 0 Å². The number of nitrogens with zero attached hydrogens (tertiary/aromatic N) is 2. The van der Waals surface area contributed by atoms with E-state index < -0.39 is 14.9 Å². The predicted molar refractivity (Wildman–Crippen MR) is 125 cm³/mol. The van der Waals surface area contributed by atoms with Crippen LogP contribution in [-0.4, -0.2) is 32.0 Å². The molecule has 10 heteroatoms. The van der Waals surface area contributed by atoms with E-state index in [1.54, 1.807) is 24.3 Å². The Balaban J connectivity index is 1.70. The number of hydrogen-bond donors (Lipinski definition) is 1. The topological polar surface area (TPSA) is 111 Å². The summed E-state index contributed by atoms with van der Waals surface area (Å²) >= 11 is 1.41. The highest BCUT2D eigenvalue weighted by atomic mass is 32.2. The van der Waals surface area contributed by atoms with Crippen molar-refractivity contribution >= 4 is 27.0 Å². The van der Waals surface area contributed by atoms with Crippen LogP contribution in [0, 0.1) is 10.1 Å². The maximum atomic E-state index is 12.9. The first-order chi connectivity index (χ1) is 15.0. The summed E-state index contributed by atoms with van der Waals surface area (Å²) in [6, 6.07) is 11.3. The summed E-state index contributed by atoms with van der Waals surface area (Å²) in [6.45, 7) is 6.23. The van der Waals surface area contributed by atoms with Crippen molar-refractivity contribution < 1.29 is 18.1 Å². The maximum Gasteiger partial charge on any atom is 0.269 e. The van der Waals surface area contributed by atoms with Crippen LogP contribution in [0.4, 0.5) is 5.69 Å². The van der Waals surface area contributed by atoms with Gasteiger partial charge in [-0.1, -0.05) is 26.8 Å². The standard InChI is InChI=1S/C22H25N3O5S2/c1-22(2,3)16-7-10-19(30-4)20(13-16)32(28,29)23-12-11-21-24-18(14-31-21)15-5-8-17(9-6-15)25(26)27/h5-10,13-14,23H,11-12H2,1-4H3. The van der Waals surface area contributed by atoms with Gasteiger partial charge in [0.25, 0.3) is 5.69 Å². The molecule has 0 aliphatic carbocycles. The second kappa shape index (κ2) is 9.35. The molecule has 0 aliphatic heterocycles. The number of nitrogens with one attached hydrogen (secondary N) is 1. The summed E-state index contributed by atoms with van der Waals surface area (Å²) in [4.78, 5) is 15.0. The molecule has 1 N–H and O–H groups in total. The number of methoxy groups -OCH3 is 1. The van der Waals surface area contributed by atoms with Crippen LogP contribution in [0.15, 0.2) is 52.7 Å². The molecule has 0 unspecified atom stereocenters. The molecule has 3 aromatic rings. The van der Waals surface area contributed by atoms with Gasteiger partial charge in [0.2, 0.25) is 10.0 Å². The second-order valence-corrected chi connectivity index (χ2v) is 10.9. The lowest BCUT2D eigenvalue weighted by Crippen LogP contribution is -2.27. The molecular weight excluding hydrogens is 450 g/mol. The van der Waals surface area contributed by atoms with E-state index in [1.807, 2.05) is 32.2 Å². The molecular formula is C22H25N3O5S2. The Kier molecular flexibility index (Phi) is 6.97. The van der Waals surface area contributed by atoms with Gasteiger partial charge in [0.05, 0.1) is 22.7 Å². The van der Waals surface area contributed by atoms with Crippen LogP contribution < -0.4 is 9.46 Å². The Morgan fingerprint density at radius 2 is 1.84 bits per heavy atom. The molecule has 8 nitrogen and oxygen atoms in total. The van der Waals surface area contributed by atoms with E-state index in [9.17, 15) is 18.5 Å². The highest BCUT2D eigenvalue weighted by molar-refractivity contribution is 7.89. The van der Waals surface area contributed by atoms with Crippen molar-refractivity contribution in [1.82, 2.24) is 9.71 Å². The Morgan fingerprint density at radius 3 is 2.44 bits per heavy atom. The fourth-order valence-corrected chi connectivity index (χ4v) is 5.07. The normalized spacial score (nSPS) is 12.0. The predicted octanol–water partition coefficient (Wildman–Crippen LogP) is 4.55. The average Bonchev–Trinajstić information content (AvgIpc) is 3.21. The second-order valence-electron chi connectivity index (χ2n) is 8.19. The van der Waals surface area contributed by atoms with Crippen molar-refractivity contribution in [3.63, 3.8) is 0 Å². The monoisotopic (exact) mass is 475 g/mol. The van der Waals surface area contributed by atoms with Crippen LogP contribution >= 0.6 is 11.3 Å². The van der Waals surface area contributed by atoms with Gasteiger partial charge in [-0.3, -0.25) is 10.1 Å². The minimum atomic E-state index is -3.78. The number of nitro benzene ring substituents is 1. The third kappa shape index (κ3) is 5.50. The number of non-ortho nitro benzene ring substituents is 1. The molecule has 0 atom stereocenters. The zero-order chi connectivity index (χ0) is 23.5. The molecule has 0 amide bonds. The number of thiazole rings is 1. The van der Waals surface area contributed by atoms with Crippen LogP contribution in [0.1, 0.15) is 31.3 Å². The van der Waals surface area contributed by atoms with Crippen LogP contribution in [0.2, 0.25) is 0 Å². The van der Waals surface area contributed by atoms with E-state index in [0.29, 0.717) is 17.9 Å². The lowest BCUT2D eigenvalue weighted by atomic mass is 9.87. The minimum Gasteiger partial charge on any atom is -0.495 e. The fraction of sp³-hybridized carbons (Fsp3) is 0.318. The highest BCUT2D eigenvalue weighted by Gasteiger charge is 2.23. The summed E-state index contributed by atoms with van der Waals surface area (Å²) in [7, 11) is -2.33. The summed E-state index contributed by atoms with van der Waals surface area (Å²) in [6.07, 6.45) is 0.415. The van der Waals surface area contributed by atoms with E-state index in [-0.39, 0.29) is 22.5 Å². The average molecular weight is 476 g/mol. The number of aromatic nitrogens is 1. The van der Waals surface area contributed by atoms with Gasteiger partial charge < -0.3 is 4.74 Å². The van der Waals surface area contributed by atoms with Crippen molar-refractivity contribution in [2.24, 2.45) is 0 Å². The quantitative estimate of drug-likeness (QED) is 0.378. The summed E-state index contributed by atoms with van der Waals surface area (Å²) in [5.74, 6) is 0.292. The SMILES string of the molecule is COc1ccc(C(C)(C)C)cc1S(=O)(=O)NCCc1nc(-c2ccc([N+](=O)[O-])cc2)cs1. The van der Waals surface area contributed by atoms with Crippen molar-refractivity contribution in [1.29, 1.82) is 0 Å². The number of nitro groups is 1.